The normalized spacial score (nSPS) is 12.8. The van der Waals surface area contributed by atoms with Gasteiger partial charge in [-0.1, -0.05) is 20.8 Å². The second-order valence-corrected chi connectivity index (χ2v) is 3.74. The van der Waals surface area contributed by atoms with Crippen molar-refractivity contribution in [3.8, 4) is 0 Å². The van der Waals surface area contributed by atoms with Gasteiger partial charge in [0.25, 0.3) is 0 Å². The topological polar surface area (TPSA) is 0 Å². The molecule has 0 amide bonds. The third-order valence-corrected chi connectivity index (χ3v) is 2.68. The molecule has 50 valence electrons. The lowest BCUT2D eigenvalue weighted by molar-refractivity contribution is 0.382. The largest absolute Gasteiger partial charge is 0.112 e. The van der Waals surface area contributed by atoms with Crippen molar-refractivity contribution in [1.82, 2.24) is 0 Å². The van der Waals surface area contributed by atoms with Gasteiger partial charge in [-0.3, -0.25) is 0 Å². The van der Waals surface area contributed by atoms with Crippen molar-refractivity contribution in [1.29, 1.82) is 0 Å². The summed E-state index contributed by atoms with van der Waals surface area (Å²) in [7, 11) is 0. The van der Waals surface area contributed by atoms with Crippen LogP contribution in [-0.2, 0) is 0 Å². The Bertz CT molecular complexity index is 66.9. The number of rotatable bonds is 2. The molecule has 0 aromatic rings. The lowest BCUT2D eigenvalue weighted by atomic mass is 9.93. The molecule has 0 aliphatic carbocycles. The molecule has 0 N–H and O–H groups in total. The van der Waals surface area contributed by atoms with E-state index in [9.17, 15) is 0 Å². The molecule has 2 heteroatoms. The van der Waals surface area contributed by atoms with Crippen LogP contribution in [0.5, 0.6) is 0 Å². The van der Waals surface area contributed by atoms with Gasteiger partial charge < -0.3 is 0 Å². The molecule has 0 saturated carbocycles. The molecule has 0 atom stereocenters. The zero-order chi connectivity index (χ0) is 6.78. The molecule has 0 rings (SSSR count). The van der Waals surface area contributed by atoms with Crippen molar-refractivity contribution in [3.63, 3.8) is 0 Å². The average molecular weight is 155 g/mol. The molecule has 0 nitrogen and oxygen atoms in total. The second-order valence-electron chi connectivity index (χ2n) is 2.64. The molecule has 0 aliphatic rings. The number of hydrogen-bond donors (Lipinski definition) is 0. The maximum absolute atomic E-state index is 5.63. The first-order valence-corrected chi connectivity index (χ1v) is 3.66. The van der Waals surface area contributed by atoms with Crippen LogP contribution in [0, 0.1) is 5.41 Å². The first-order chi connectivity index (χ1) is 3.50. The summed E-state index contributed by atoms with van der Waals surface area (Å²) in [5.74, 6) is 0. The average Bonchev–Trinajstić information content (AvgIpc) is 1.67. The minimum atomic E-state index is -0.243. The minimum absolute atomic E-state index is 0.0725. The van der Waals surface area contributed by atoms with Crippen molar-refractivity contribution in [2.45, 2.75) is 32.0 Å². The summed E-state index contributed by atoms with van der Waals surface area (Å²) in [5, 5.41) is 0. The van der Waals surface area contributed by atoms with E-state index in [4.69, 9.17) is 23.2 Å². The Morgan fingerprint density at radius 3 is 1.75 bits per heavy atom. The fraction of sp³-hybridized carbons (Fsp3) is 1.00. The highest BCUT2D eigenvalue weighted by Crippen LogP contribution is 2.31. The molecule has 0 heterocycles. The molecule has 0 spiro atoms. The molecule has 0 saturated heterocycles. The number of hydrogen-bond acceptors (Lipinski definition) is 0. The summed E-state index contributed by atoms with van der Waals surface area (Å²) >= 11 is 11.3. The van der Waals surface area contributed by atoms with Gasteiger partial charge >= 0.3 is 0 Å². The monoisotopic (exact) mass is 154 g/mol. The summed E-state index contributed by atoms with van der Waals surface area (Å²) in [6.45, 7) is 6.19. The van der Waals surface area contributed by atoms with E-state index in [0.29, 0.717) is 0 Å². The quantitative estimate of drug-likeness (QED) is 0.537. The zero-order valence-electron chi connectivity index (χ0n) is 5.54. The maximum Gasteiger partial charge on any atom is 0.112 e. The van der Waals surface area contributed by atoms with E-state index in [1.54, 1.807) is 0 Å². The molecule has 0 radical (unpaired) electrons. The van der Waals surface area contributed by atoms with Gasteiger partial charge in [0.05, 0.1) is 0 Å². The molecule has 8 heavy (non-hydrogen) atoms. The SMILES string of the molecule is CCC(C)(C)C(Cl)Cl. The van der Waals surface area contributed by atoms with Crippen molar-refractivity contribution in [2.75, 3.05) is 0 Å². The third kappa shape index (κ3) is 2.23. The molecule has 0 aromatic carbocycles. The Morgan fingerprint density at radius 2 is 1.75 bits per heavy atom. The fourth-order valence-electron chi connectivity index (χ4n) is 0.154. The van der Waals surface area contributed by atoms with Gasteiger partial charge in [0.2, 0.25) is 0 Å². The van der Waals surface area contributed by atoms with Gasteiger partial charge in [-0.25, -0.2) is 0 Å². The van der Waals surface area contributed by atoms with Crippen LogP contribution >= 0.6 is 23.2 Å². The van der Waals surface area contributed by atoms with E-state index < -0.39 is 0 Å². The van der Waals surface area contributed by atoms with Gasteiger partial charge in [-0.15, -0.1) is 23.2 Å². The Morgan fingerprint density at radius 1 is 1.38 bits per heavy atom. The van der Waals surface area contributed by atoms with Gasteiger partial charge in [0, 0.05) is 0 Å². The summed E-state index contributed by atoms with van der Waals surface area (Å²) in [6, 6.07) is 0. The van der Waals surface area contributed by atoms with Crippen LogP contribution in [0.2, 0.25) is 0 Å². The van der Waals surface area contributed by atoms with Crippen LogP contribution in [0.15, 0.2) is 0 Å². The summed E-state index contributed by atoms with van der Waals surface area (Å²) < 4.78 is 0. The smallest absolute Gasteiger partial charge is 0.105 e. The first kappa shape index (κ1) is 8.58. The van der Waals surface area contributed by atoms with Crippen LogP contribution in [-0.4, -0.2) is 4.84 Å². The second kappa shape index (κ2) is 2.93. The van der Waals surface area contributed by atoms with Crippen LogP contribution in [0.3, 0.4) is 0 Å². The van der Waals surface area contributed by atoms with Crippen LogP contribution in [0.25, 0.3) is 0 Å². The third-order valence-electron chi connectivity index (χ3n) is 1.50. The van der Waals surface area contributed by atoms with Crippen LogP contribution in [0.4, 0.5) is 0 Å². The fourth-order valence-corrected chi connectivity index (χ4v) is 0.463. The molecule has 0 unspecified atom stereocenters. The highest BCUT2D eigenvalue weighted by atomic mass is 35.5. The highest BCUT2D eigenvalue weighted by Gasteiger charge is 2.22. The van der Waals surface area contributed by atoms with Crippen molar-refractivity contribution < 1.29 is 0 Å². The maximum atomic E-state index is 5.63. The molecular weight excluding hydrogens is 143 g/mol. The Hall–Kier alpha value is 0.580. The highest BCUT2D eigenvalue weighted by molar-refractivity contribution is 6.44. The Labute approximate surface area is 61.2 Å². The summed E-state index contributed by atoms with van der Waals surface area (Å²) in [5.41, 5.74) is 0.0725. The van der Waals surface area contributed by atoms with Crippen molar-refractivity contribution in [2.24, 2.45) is 5.41 Å². The van der Waals surface area contributed by atoms with E-state index >= 15 is 0 Å². The van der Waals surface area contributed by atoms with E-state index in [-0.39, 0.29) is 10.3 Å². The van der Waals surface area contributed by atoms with Gasteiger partial charge in [0.15, 0.2) is 0 Å². The zero-order valence-corrected chi connectivity index (χ0v) is 7.05. The van der Waals surface area contributed by atoms with Crippen molar-refractivity contribution >= 4 is 23.2 Å². The molecule has 0 fully saturated rings. The predicted octanol–water partition coefficient (Wildman–Crippen LogP) is 3.23. The Balaban J connectivity index is 3.71. The standard InChI is InChI=1S/C6H12Cl2/c1-4-6(2,3)5(7)8/h5H,4H2,1-3H3. The van der Waals surface area contributed by atoms with Gasteiger partial charge in [0.1, 0.15) is 4.84 Å². The molecule has 0 aliphatic heterocycles. The summed E-state index contributed by atoms with van der Waals surface area (Å²) in [6.07, 6.45) is 1.02. The van der Waals surface area contributed by atoms with Gasteiger partial charge in [-0.2, -0.15) is 0 Å². The van der Waals surface area contributed by atoms with Gasteiger partial charge in [-0.05, 0) is 11.8 Å². The van der Waals surface area contributed by atoms with Crippen LogP contribution < -0.4 is 0 Å². The molecular formula is C6H12Cl2. The number of alkyl halides is 2. The molecule has 0 bridgehead atoms. The minimum Gasteiger partial charge on any atom is -0.105 e. The summed E-state index contributed by atoms with van der Waals surface area (Å²) in [4.78, 5) is -0.243. The lowest BCUT2D eigenvalue weighted by Crippen LogP contribution is -2.18. The Kier molecular flexibility index (Phi) is 3.14. The van der Waals surface area contributed by atoms with E-state index in [1.807, 2.05) is 0 Å². The van der Waals surface area contributed by atoms with E-state index in [0.717, 1.165) is 6.42 Å². The van der Waals surface area contributed by atoms with E-state index in [2.05, 4.69) is 20.8 Å². The molecule has 0 aromatic heterocycles. The number of halogens is 2. The lowest BCUT2D eigenvalue weighted by Gasteiger charge is -2.23. The van der Waals surface area contributed by atoms with Crippen LogP contribution in [0.1, 0.15) is 27.2 Å². The van der Waals surface area contributed by atoms with Crippen molar-refractivity contribution in [3.05, 3.63) is 0 Å². The predicted molar refractivity (Wildman–Crippen MR) is 39.6 cm³/mol. The van der Waals surface area contributed by atoms with E-state index in [1.165, 1.54) is 0 Å². The first-order valence-electron chi connectivity index (χ1n) is 2.79.